The Balaban J connectivity index is 1.51. The van der Waals surface area contributed by atoms with Gasteiger partial charge in [0.2, 0.25) is 0 Å². The monoisotopic (exact) mass is 329 g/mol. The highest BCUT2D eigenvalue weighted by Crippen LogP contribution is 2.26. The molecular formula is C18H19NO3S. The van der Waals surface area contributed by atoms with Crippen molar-refractivity contribution in [3.8, 4) is 0 Å². The summed E-state index contributed by atoms with van der Waals surface area (Å²) in [5.41, 5.74) is 3.25. The highest BCUT2D eigenvalue weighted by atomic mass is 32.1. The highest BCUT2D eigenvalue weighted by Gasteiger charge is 2.22. The average molecular weight is 329 g/mol. The molecule has 0 saturated heterocycles. The Morgan fingerprint density at radius 2 is 2.09 bits per heavy atom. The minimum atomic E-state index is -0.324. The van der Waals surface area contributed by atoms with Gasteiger partial charge in [0, 0.05) is 18.7 Å². The van der Waals surface area contributed by atoms with Crippen molar-refractivity contribution in [3.05, 3.63) is 52.2 Å². The molecule has 0 bridgehead atoms. The maximum absolute atomic E-state index is 12.3. The molecule has 2 aromatic rings. The van der Waals surface area contributed by atoms with Crippen LogP contribution in [0.3, 0.4) is 0 Å². The van der Waals surface area contributed by atoms with Crippen LogP contribution in [-0.4, -0.2) is 25.0 Å². The second kappa shape index (κ2) is 7.42. The molecule has 1 aliphatic rings. The summed E-state index contributed by atoms with van der Waals surface area (Å²) in [6.07, 6.45) is 2.89. The molecule has 0 spiro atoms. The number of aryl methyl sites for hydroxylation is 2. The molecule has 3 rings (SSSR count). The number of benzene rings is 1. The van der Waals surface area contributed by atoms with E-state index in [9.17, 15) is 9.59 Å². The number of fused-ring (bicyclic) bond motifs is 1. The van der Waals surface area contributed by atoms with Gasteiger partial charge in [0.25, 0.3) is 5.91 Å². The van der Waals surface area contributed by atoms with Crippen LogP contribution in [0, 0.1) is 0 Å². The van der Waals surface area contributed by atoms with Crippen molar-refractivity contribution in [2.75, 3.05) is 18.1 Å². The lowest BCUT2D eigenvalue weighted by Crippen LogP contribution is -2.38. The summed E-state index contributed by atoms with van der Waals surface area (Å²) in [6.45, 7) is 0.499. The van der Waals surface area contributed by atoms with Crippen LogP contribution in [0.25, 0.3) is 0 Å². The van der Waals surface area contributed by atoms with E-state index in [1.807, 2.05) is 41.1 Å². The number of carbonyl (C=O) groups is 2. The predicted octanol–water partition coefficient (Wildman–Crippen LogP) is 3.20. The standard InChI is InChI=1S/C18H19NO3S/c20-17(12-22-18(21)8-7-14-9-11-23-13-14)19-10-3-5-15-4-1-2-6-16(15)19/h1-2,4,6,9,11,13H,3,5,7-8,10,12H2. The van der Waals surface area contributed by atoms with Gasteiger partial charge >= 0.3 is 5.97 Å². The number of hydrogen-bond donors (Lipinski definition) is 0. The van der Waals surface area contributed by atoms with Crippen LogP contribution < -0.4 is 4.90 Å². The molecule has 0 aliphatic carbocycles. The molecule has 0 fully saturated rings. The van der Waals surface area contributed by atoms with Gasteiger partial charge in [-0.1, -0.05) is 18.2 Å². The normalized spacial score (nSPS) is 13.5. The zero-order valence-electron chi connectivity index (χ0n) is 12.9. The zero-order valence-corrected chi connectivity index (χ0v) is 13.7. The van der Waals surface area contributed by atoms with Crippen molar-refractivity contribution < 1.29 is 14.3 Å². The van der Waals surface area contributed by atoms with E-state index in [2.05, 4.69) is 0 Å². The Bertz CT molecular complexity index is 681. The van der Waals surface area contributed by atoms with Crippen molar-refractivity contribution in [2.45, 2.75) is 25.7 Å². The number of ether oxygens (including phenoxy) is 1. The molecule has 0 atom stereocenters. The lowest BCUT2D eigenvalue weighted by molar-refractivity contribution is -0.147. The number of carbonyl (C=O) groups excluding carboxylic acids is 2. The molecule has 0 N–H and O–H groups in total. The molecule has 0 radical (unpaired) electrons. The topological polar surface area (TPSA) is 46.6 Å². The molecule has 120 valence electrons. The van der Waals surface area contributed by atoms with Crippen molar-refractivity contribution in [3.63, 3.8) is 0 Å². The zero-order chi connectivity index (χ0) is 16.1. The first-order valence-electron chi connectivity index (χ1n) is 7.79. The van der Waals surface area contributed by atoms with E-state index in [0.29, 0.717) is 19.4 Å². The number of anilines is 1. The van der Waals surface area contributed by atoms with Crippen molar-refractivity contribution in [1.29, 1.82) is 0 Å². The number of amides is 1. The van der Waals surface area contributed by atoms with Gasteiger partial charge in [0.05, 0.1) is 0 Å². The fourth-order valence-corrected chi connectivity index (χ4v) is 3.47. The second-order valence-corrected chi connectivity index (χ2v) is 6.35. The fourth-order valence-electron chi connectivity index (χ4n) is 2.77. The number of rotatable bonds is 5. The third-order valence-electron chi connectivity index (χ3n) is 3.97. The first-order chi connectivity index (χ1) is 11.2. The van der Waals surface area contributed by atoms with Crippen LogP contribution >= 0.6 is 11.3 Å². The minimum absolute atomic E-state index is 0.152. The van der Waals surface area contributed by atoms with Crippen molar-refractivity contribution >= 4 is 28.9 Å². The van der Waals surface area contributed by atoms with Crippen LogP contribution in [0.2, 0.25) is 0 Å². The molecule has 4 nitrogen and oxygen atoms in total. The summed E-state index contributed by atoms with van der Waals surface area (Å²) >= 11 is 1.61. The van der Waals surface area contributed by atoms with Crippen LogP contribution in [0.1, 0.15) is 24.0 Å². The number of para-hydroxylation sites is 1. The summed E-state index contributed by atoms with van der Waals surface area (Å²) in [6, 6.07) is 9.90. The summed E-state index contributed by atoms with van der Waals surface area (Å²) in [5, 5.41) is 4.00. The molecule has 1 aliphatic heterocycles. The third kappa shape index (κ3) is 3.99. The molecule has 1 aromatic carbocycles. The van der Waals surface area contributed by atoms with E-state index in [0.717, 1.165) is 24.1 Å². The van der Waals surface area contributed by atoms with E-state index in [1.165, 1.54) is 5.56 Å². The quantitative estimate of drug-likeness (QED) is 0.792. The molecule has 1 aromatic heterocycles. The highest BCUT2D eigenvalue weighted by molar-refractivity contribution is 7.07. The molecule has 23 heavy (non-hydrogen) atoms. The predicted molar refractivity (Wildman–Crippen MR) is 90.7 cm³/mol. The lowest BCUT2D eigenvalue weighted by atomic mass is 10.0. The van der Waals surface area contributed by atoms with E-state index in [-0.39, 0.29) is 18.5 Å². The number of esters is 1. The van der Waals surface area contributed by atoms with Crippen LogP contribution in [-0.2, 0) is 27.2 Å². The van der Waals surface area contributed by atoms with Crippen molar-refractivity contribution in [2.24, 2.45) is 0 Å². The molecule has 2 heterocycles. The lowest BCUT2D eigenvalue weighted by Gasteiger charge is -2.29. The van der Waals surface area contributed by atoms with E-state index < -0.39 is 0 Å². The van der Waals surface area contributed by atoms with Gasteiger partial charge in [-0.15, -0.1) is 0 Å². The Hall–Kier alpha value is -2.14. The largest absolute Gasteiger partial charge is 0.456 e. The van der Waals surface area contributed by atoms with Gasteiger partial charge in [-0.2, -0.15) is 11.3 Å². The van der Waals surface area contributed by atoms with E-state index in [1.54, 1.807) is 16.2 Å². The summed E-state index contributed by atoms with van der Waals surface area (Å²) in [7, 11) is 0. The summed E-state index contributed by atoms with van der Waals surface area (Å²) in [4.78, 5) is 25.9. The van der Waals surface area contributed by atoms with Gasteiger partial charge in [-0.25, -0.2) is 0 Å². The SMILES string of the molecule is O=C(CCc1ccsc1)OCC(=O)N1CCCc2ccccc21. The molecule has 1 amide bonds. The molecule has 5 heteroatoms. The van der Waals surface area contributed by atoms with Crippen LogP contribution in [0.15, 0.2) is 41.1 Å². The first-order valence-corrected chi connectivity index (χ1v) is 8.73. The van der Waals surface area contributed by atoms with Crippen LogP contribution in [0.5, 0.6) is 0 Å². The fraction of sp³-hybridized carbons (Fsp3) is 0.333. The van der Waals surface area contributed by atoms with Gasteiger partial charge in [0.1, 0.15) is 0 Å². The summed E-state index contributed by atoms with van der Waals surface area (Å²) in [5.74, 6) is -0.476. The molecule has 0 saturated carbocycles. The number of nitrogens with zero attached hydrogens (tertiary/aromatic N) is 1. The smallest absolute Gasteiger partial charge is 0.306 e. The third-order valence-corrected chi connectivity index (χ3v) is 4.70. The van der Waals surface area contributed by atoms with Gasteiger partial charge in [-0.3, -0.25) is 9.59 Å². The average Bonchev–Trinajstić information content (AvgIpc) is 3.11. The minimum Gasteiger partial charge on any atom is -0.456 e. The van der Waals surface area contributed by atoms with Crippen molar-refractivity contribution in [1.82, 2.24) is 0 Å². The maximum Gasteiger partial charge on any atom is 0.306 e. The van der Waals surface area contributed by atoms with Gasteiger partial charge in [0.15, 0.2) is 6.61 Å². The van der Waals surface area contributed by atoms with Crippen LogP contribution in [0.4, 0.5) is 5.69 Å². The summed E-state index contributed by atoms with van der Waals surface area (Å²) < 4.78 is 5.14. The molecule has 0 unspecified atom stereocenters. The first kappa shape index (κ1) is 15.7. The maximum atomic E-state index is 12.3. The Labute approximate surface area is 139 Å². The van der Waals surface area contributed by atoms with E-state index >= 15 is 0 Å². The van der Waals surface area contributed by atoms with Gasteiger partial charge in [-0.05, 0) is 53.3 Å². The Kier molecular flexibility index (Phi) is 5.08. The Morgan fingerprint density at radius 1 is 1.22 bits per heavy atom. The molecular weight excluding hydrogens is 310 g/mol. The second-order valence-electron chi connectivity index (χ2n) is 5.57. The van der Waals surface area contributed by atoms with Gasteiger partial charge < -0.3 is 9.64 Å². The van der Waals surface area contributed by atoms with E-state index in [4.69, 9.17) is 4.74 Å². The number of thiophene rings is 1. The number of hydrogen-bond acceptors (Lipinski definition) is 4. The Morgan fingerprint density at radius 3 is 2.91 bits per heavy atom.